The van der Waals surface area contributed by atoms with Gasteiger partial charge < -0.3 is 11.5 Å². The van der Waals surface area contributed by atoms with Crippen molar-refractivity contribution in [3.8, 4) is 0 Å². The average molecular weight is 150 g/mol. The summed E-state index contributed by atoms with van der Waals surface area (Å²) in [5.74, 6) is 0.0932. The Kier molecular flexibility index (Phi) is 2.43. The lowest BCUT2D eigenvalue weighted by atomic mass is 10.3. The van der Waals surface area contributed by atoms with Crippen LogP contribution >= 0.6 is 0 Å². The summed E-state index contributed by atoms with van der Waals surface area (Å²) in [6.45, 7) is 0.448. The highest BCUT2D eigenvalue weighted by molar-refractivity contribution is 5.75. The number of rotatable bonds is 2. The molecule has 0 aromatic carbocycles. The fourth-order valence-corrected chi connectivity index (χ4v) is 0.664. The van der Waals surface area contributed by atoms with Gasteiger partial charge in [0.25, 0.3) is 0 Å². The molecular formula is C7H10N4. The molecule has 58 valence electrons. The summed E-state index contributed by atoms with van der Waals surface area (Å²) >= 11 is 0. The molecule has 0 amide bonds. The van der Waals surface area contributed by atoms with Crippen LogP contribution in [-0.2, 0) is 6.54 Å². The number of pyridine rings is 1. The van der Waals surface area contributed by atoms with Gasteiger partial charge in [0.15, 0.2) is 5.96 Å². The van der Waals surface area contributed by atoms with Gasteiger partial charge in [0.05, 0.1) is 12.2 Å². The number of nitrogens with two attached hydrogens (primary N) is 2. The molecule has 0 aliphatic rings. The molecule has 0 bridgehead atoms. The zero-order valence-electron chi connectivity index (χ0n) is 6.07. The van der Waals surface area contributed by atoms with E-state index in [4.69, 9.17) is 11.5 Å². The van der Waals surface area contributed by atoms with E-state index < -0.39 is 0 Å². The molecule has 1 aromatic heterocycles. The van der Waals surface area contributed by atoms with Crippen LogP contribution in [0.15, 0.2) is 29.4 Å². The van der Waals surface area contributed by atoms with Crippen molar-refractivity contribution in [3.63, 3.8) is 0 Å². The summed E-state index contributed by atoms with van der Waals surface area (Å²) in [4.78, 5) is 7.84. The van der Waals surface area contributed by atoms with Crippen LogP contribution in [0.25, 0.3) is 0 Å². The highest BCUT2D eigenvalue weighted by Gasteiger charge is 1.88. The Morgan fingerprint density at radius 3 is 2.82 bits per heavy atom. The van der Waals surface area contributed by atoms with Crippen molar-refractivity contribution in [2.24, 2.45) is 16.5 Å². The van der Waals surface area contributed by atoms with E-state index in [-0.39, 0.29) is 5.96 Å². The maximum absolute atomic E-state index is 5.14. The molecule has 4 nitrogen and oxygen atoms in total. The fraction of sp³-hybridized carbons (Fsp3) is 0.143. The van der Waals surface area contributed by atoms with E-state index in [0.717, 1.165) is 5.69 Å². The smallest absolute Gasteiger partial charge is 0.186 e. The lowest BCUT2D eigenvalue weighted by Crippen LogP contribution is -2.22. The van der Waals surface area contributed by atoms with E-state index in [1.807, 2.05) is 18.2 Å². The molecule has 4 heteroatoms. The van der Waals surface area contributed by atoms with Crippen molar-refractivity contribution in [1.29, 1.82) is 0 Å². The second-order valence-electron chi connectivity index (χ2n) is 2.06. The van der Waals surface area contributed by atoms with Crippen molar-refractivity contribution in [1.82, 2.24) is 4.98 Å². The quantitative estimate of drug-likeness (QED) is 0.455. The molecule has 0 saturated heterocycles. The Hall–Kier alpha value is -1.58. The van der Waals surface area contributed by atoms with Crippen LogP contribution in [0, 0.1) is 0 Å². The Balaban J connectivity index is 2.59. The second-order valence-corrected chi connectivity index (χ2v) is 2.06. The maximum atomic E-state index is 5.14. The molecule has 1 aromatic rings. The van der Waals surface area contributed by atoms with Gasteiger partial charge in [0, 0.05) is 6.20 Å². The van der Waals surface area contributed by atoms with E-state index >= 15 is 0 Å². The SMILES string of the molecule is NC(N)=NCc1ccccn1. The molecule has 0 fully saturated rings. The Morgan fingerprint density at radius 2 is 2.27 bits per heavy atom. The van der Waals surface area contributed by atoms with Crippen LogP contribution in [0.5, 0.6) is 0 Å². The largest absolute Gasteiger partial charge is 0.370 e. The van der Waals surface area contributed by atoms with E-state index in [1.165, 1.54) is 0 Å². The predicted molar refractivity (Wildman–Crippen MR) is 43.8 cm³/mol. The molecule has 4 N–H and O–H groups in total. The number of nitrogens with zero attached hydrogens (tertiary/aromatic N) is 2. The highest BCUT2D eigenvalue weighted by atomic mass is 15.0. The van der Waals surface area contributed by atoms with E-state index in [2.05, 4.69) is 9.98 Å². The van der Waals surface area contributed by atoms with Gasteiger partial charge in [0.2, 0.25) is 0 Å². The molecule has 1 heterocycles. The van der Waals surface area contributed by atoms with Crippen molar-refractivity contribution in [2.75, 3.05) is 0 Å². The Bertz CT molecular complexity index is 238. The summed E-state index contributed by atoms with van der Waals surface area (Å²) in [5, 5.41) is 0. The number of hydrogen-bond acceptors (Lipinski definition) is 2. The highest BCUT2D eigenvalue weighted by Crippen LogP contribution is 1.93. The van der Waals surface area contributed by atoms with Crippen LogP contribution in [-0.4, -0.2) is 10.9 Å². The number of guanidine groups is 1. The van der Waals surface area contributed by atoms with Crippen molar-refractivity contribution in [2.45, 2.75) is 6.54 Å². The van der Waals surface area contributed by atoms with E-state index in [9.17, 15) is 0 Å². The standard InChI is InChI=1S/C7H10N4/c8-7(9)11-5-6-3-1-2-4-10-6/h1-4H,5H2,(H4,8,9,11). The summed E-state index contributed by atoms with van der Waals surface area (Å²) in [7, 11) is 0. The summed E-state index contributed by atoms with van der Waals surface area (Å²) in [6.07, 6.45) is 1.71. The maximum Gasteiger partial charge on any atom is 0.186 e. The lowest BCUT2D eigenvalue weighted by molar-refractivity contribution is 0.982. The van der Waals surface area contributed by atoms with Gasteiger partial charge in [-0.3, -0.25) is 4.98 Å². The third kappa shape index (κ3) is 2.66. The third-order valence-corrected chi connectivity index (χ3v) is 1.15. The minimum absolute atomic E-state index is 0.0932. The van der Waals surface area contributed by atoms with Crippen LogP contribution in [0.2, 0.25) is 0 Å². The summed E-state index contributed by atoms with van der Waals surface area (Å²) < 4.78 is 0. The van der Waals surface area contributed by atoms with Crippen molar-refractivity contribution in [3.05, 3.63) is 30.1 Å². The Morgan fingerprint density at radius 1 is 1.45 bits per heavy atom. The second kappa shape index (κ2) is 3.55. The van der Waals surface area contributed by atoms with Gasteiger partial charge >= 0.3 is 0 Å². The zero-order valence-corrected chi connectivity index (χ0v) is 6.07. The van der Waals surface area contributed by atoms with Crippen LogP contribution < -0.4 is 11.5 Å². The van der Waals surface area contributed by atoms with E-state index in [0.29, 0.717) is 6.54 Å². The molecule has 0 unspecified atom stereocenters. The number of aliphatic imine (C=N–C) groups is 1. The molecule has 0 aliphatic heterocycles. The van der Waals surface area contributed by atoms with Gasteiger partial charge in [-0.2, -0.15) is 0 Å². The summed E-state index contributed by atoms with van der Waals surface area (Å²) in [6, 6.07) is 5.61. The summed E-state index contributed by atoms with van der Waals surface area (Å²) in [5.41, 5.74) is 11.1. The van der Waals surface area contributed by atoms with Crippen LogP contribution in [0.1, 0.15) is 5.69 Å². The lowest BCUT2D eigenvalue weighted by Gasteiger charge is -1.93. The zero-order chi connectivity index (χ0) is 8.10. The third-order valence-electron chi connectivity index (χ3n) is 1.15. The average Bonchev–Trinajstić information content (AvgIpc) is 2.03. The van der Waals surface area contributed by atoms with E-state index in [1.54, 1.807) is 6.20 Å². The molecule has 1 rings (SSSR count). The van der Waals surface area contributed by atoms with Crippen molar-refractivity contribution < 1.29 is 0 Å². The topological polar surface area (TPSA) is 77.3 Å². The monoisotopic (exact) mass is 150 g/mol. The minimum atomic E-state index is 0.0932. The molecule has 0 spiro atoms. The molecule has 0 atom stereocenters. The van der Waals surface area contributed by atoms with Crippen LogP contribution in [0.3, 0.4) is 0 Å². The van der Waals surface area contributed by atoms with Gasteiger partial charge in [-0.1, -0.05) is 6.07 Å². The first-order valence-electron chi connectivity index (χ1n) is 3.24. The predicted octanol–water partition coefficient (Wildman–Crippen LogP) is -0.145. The first kappa shape index (κ1) is 7.53. The van der Waals surface area contributed by atoms with Crippen molar-refractivity contribution >= 4 is 5.96 Å². The number of aromatic nitrogens is 1. The molecule has 0 radical (unpaired) electrons. The fourth-order valence-electron chi connectivity index (χ4n) is 0.664. The minimum Gasteiger partial charge on any atom is -0.370 e. The molecule has 0 aliphatic carbocycles. The van der Waals surface area contributed by atoms with Gasteiger partial charge in [-0.25, -0.2) is 4.99 Å². The first-order chi connectivity index (χ1) is 5.29. The van der Waals surface area contributed by atoms with Gasteiger partial charge in [-0.05, 0) is 12.1 Å². The molecule has 0 saturated carbocycles. The van der Waals surface area contributed by atoms with Crippen LogP contribution in [0.4, 0.5) is 0 Å². The molecular weight excluding hydrogens is 140 g/mol. The normalized spacial score (nSPS) is 9.09. The van der Waals surface area contributed by atoms with Gasteiger partial charge in [0.1, 0.15) is 0 Å². The van der Waals surface area contributed by atoms with Gasteiger partial charge in [-0.15, -0.1) is 0 Å². The molecule has 11 heavy (non-hydrogen) atoms. The first-order valence-corrected chi connectivity index (χ1v) is 3.24. The Labute approximate surface area is 65.0 Å². The number of hydrogen-bond donors (Lipinski definition) is 2.